The van der Waals surface area contributed by atoms with Gasteiger partial charge in [-0.05, 0) is 32.0 Å². The van der Waals surface area contributed by atoms with Crippen LogP contribution in [0.4, 0.5) is 4.39 Å². The Balaban J connectivity index is 2.95. The van der Waals surface area contributed by atoms with E-state index in [4.69, 9.17) is 10.5 Å². The number of halogens is 2. The van der Waals surface area contributed by atoms with E-state index >= 15 is 0 Å². The maximum Gasteiger partial charge on any atom is 0.129 e. The van der Waals surface area contributed by atoms with Gasteiger partial charge in [-0.1, -0.05) is 15.9 Å². The molecule has 2 N–H and O–H groups in total. The third kappa shape index (κ3) is 3.55. The van der Waals surface area contributed by atoms with Crippen molar-refractivity contribution in [1.82, 2.24) is 0 Å². The summed E-state index contributed by atoms with van der Waals surface area (Å²) in [6, 6.07) is 4.77. The van der Waals surface area contributed by atoms with Gasteiger partial charge in [0.05, 0.1) is 12.2 Å². The molecule has 0 bridgehead atoms. The lowest BCUT2D eigenvalue weighted by molar-refractivity contribution is 0.0100. The van der Waals surface area contributed by atoms with E-state index in [2.05, 4.69) is 15.9 Å². The van der Waals surface area contributed by atoms with Crippen LogP contribution in [0.3, 0.4) is 0 Å². The molecule has 0 aliphatic carbocycles. The summed E-state index contributed by atoms with van der Waals surface area (Å²) in [6.45, 7) is 4.07. The molecule has 4 heteroatoms. The van der Waals surface area contributed by atoms with Gasteiger partial charge in [0, 0.05) is 16.6 Å². The zero-order chi connectivity index (χ0) is 11.4. The molecular weight excluding hydrogens is 261 g/mol. The first kappa shape index (κ1) is 12.6. The van der Waals surface area contributed by atoms with Crippen LogP contribution in [-0.2, 0) is 4.74 Å². The minimum absolute atomic E-state index is 0.0249. The summed E-state index contributed by atoms with van der Waals surface area (Å²) in [6.07, 6.45) is -0.362. The average molecular weight is 276 g/mol. The van der Waals surface area contributed by atoms with Crippen molar-refractivity contribution in [2.45, 2.75) is 26.1 Å². The fraction of sp³-hybridized carbons (Fsp3) is 0.455. The van der Waals surface area contributed by atoms with Gasteiger partial charge < -0.3 is 10.5 Å². The van der Waals surface area contributed by atoms with E-state index in [9.17, 15) is 4.39 Å². The number of benzene rings is 1. The fourth-order valence-electron chi connectivity index (χ4n) is 1.35. The molecule has 0 aromatic heterocycles. The molecule has 0 aliphatic heterocycles. The quantitative estimate of drug-likeness (QED) is 0.917. The Hall–Kier alpha value is -0.450. The molecule has 1 aromatic rings. The van der Waals surface area contributed by atoms with Crippen molar-refractivity contribution in [1.29, 1.82) is 0 Å². The summed E-state index contributed by atoms with van der Waals surface area (Å²) >= 11 is 3.30. The highest BCUT2D eigenvalue weighted by Crippen LogP contribution is 2.24. The zero-order valence-corrected chi connectivity index (χ0v) is 10.4. The number of rotatable bonds is 4. The van der Waals surface area contributed by atoms with E-state index in [0.29, 0.717) is 5.56 Å². The minimum Gasteiger partial charge on any atom is -0.369 e. The Labute approximate surface area is 97.7 Å². The monoisotopic (exact) mass is 275 g/mol. The normalized spacial score (nSPS) is 13.2. The number of hydrogen-bond donors (Lipinski definition) is 1. The van der Waals surface area contributed by atoms with Gasteiger partial charge in [0.15, 0.2) is 0 Å². The summed E-state index contributed by atoms with van der Waals surface area (Å²) < 4.78 is 19.9. The predicted molar refractivity (Wildman–Crippen MR) is 62.1 cm³/mol. The van der Waals surface area contributed by atoms with E-state index in [1.54, 1.807) is 12.1 Å². The Bertz CT molecular complexity index is 330. The highest BCUT2D eigenvalue weighted by atomic mass is 79.9. The van der Waals surface area contributed by atoms with Gasteiger partial charge in [-0.3, -0.25) is 0 Å². The maximum absolute atomic E-state index is 13.5. The molecule has 1 aromatic carbocycles. The molecule has 0 saturated carbocycles. The van der Waals surface area contributed by atoms with Crippen molar-refractivity contribution in [3.8, 4) is 0 Å². The Morgan fingerprint density at radius 2 is 2.13 bits per heavy atom. The summed E-state index contributed by atoms with van der Waals surface area (Å²) in [5, 5.41) is 0. The minimum atomic E-state index is -0.387. The predicted octanol–water partition coefficient (Wildman–Crippen LogP) is 3.01. The first-order chi connectivity index (χ1) is 7.04. The molecule has 15 heavy (non-hydrogen) atoms. The molecule has 0 aliphatic rings. The van der Waals surface area contributed by atoms with Gasteiger partial charge in [-0.25, -0.2) is 4.39 Å². The topological polar surface area (TPSA) is 35.2 Å². The molecule has 0 spiro atoms. The van der Waals surface area contributed by atoms with Crippen molar-refractivity contribution in [2.75, 3.05) is 6.54 Å². The Kier molecular flexibility index (Phi) is 4.70. The standard InChI is InChI=1S/C11H15BrFNO/c1-7(2)15-11(6-14)9-5-8(12)3-4-10(9)13/h3-5,7,11H,6,14H2,1-2H3. The molecule has 1 rings (SSSR count). The molecular formula is C11H15BrFNO. The van der Waals surface area contributed by atoms with Crippen LogP contribution >= 0.6 is 15.9 Å². The van der Waals surface area contributed by atoms with Crippen LogP contribution in [0.15, 0.2) is 22.7 Å². The van der Waals surface area contributed by atoms with Crippen molar-refractivity contribution in [3.05, 3.63) is 34.1 Å². The van der Waals surface area contributed by atoms with Gasteiger partial charge >= 0.3 is 0 Å². The molecule has 1 atom stereocenters. The van der Waals surface area contributed by atoms with E-state index < -0.39 is 0 Å². The molecule has 0 fully saturated rings. The van der Waals surface area contributed by atoms with E-state index in [1.165, 1.54) is 6.07 Å². The molecule has 2 nitrogen and oxygen atoms in total. The Morgan fingerprint density at radius 1 is 1.47 bits per heavy atom. The summed E-state index contributed by atoms with van der Waals surface area (Å²) in [5.41, 5.74) is 6.07. The largest absolute Gasteiger partial charge is 0.369 e. The highest BCUT2D eigenvalue weighted by Gasteiger charge is 2.16. The second-order valence-corrected chi connectivity index (χ2v) is 4.49. The van der Waals surface area contributed by atoms with Gasteiger partial charge in [-0.2, -0.15) is 0 Å². The highest BCUT2D eigenvalue weighted by molar-refractivity contribution is 9.10. The van der Waals surface area contributed by atoms with Crippen molar-refractivity contribution < 1.29 is 9.13 Å². The maximum atomic E-state index is 13.5. The van der Waals surface area contributed by atoms with Crippen LogP contribution in [0.5, 0.6) is 0 Å². The van der Waals surface area contributed by atoms with Gasteiger partial charge in [0.2, 0.25) is 0 Å². The number of ether oxygens (including phenoxy) is 1. The van der Waals surface area contributed by atoms with Gasteiger partial charge in [0.1, 0.15) is 5.82 Å². The molecule has 1 unspecified atom stereocenters. The van der Waals surface area contributed by atoms with Crippen LogP contribution in [0, 0.1) is 5.82 Å². The van der Waals surface area contributed by atoms with Gasteiger partial charge in [0.25, 0.3) is 0 Å². The third-order valence-corrected chi connectivity index (χ3v) is 2.45. The second-order valence-electron chi connectivity index (χ2n) is 3.58. The molecule has 0 amide bonds. The third-order valence-electron chi connectivity index (χ3n) is 1.96. The lowest BCUT2D eigenvalue weighted by atomic mass is 10.1. The first-order valence-corrected chi connectivity index (χ1v) is 5.64. The van der Waals surface area contributed by atoms with E-state index in [1.807, 2.05) is 13.8 Å². The second kappa shape index (κ2) is 5.58. The van der Waals surface area contributed by atoms with Crippen molar-refractivity contribution in [3.63, 3.8) is 0 Å². The summed E-state index contributed by atoms with van der Waals surface area (Å²) in [4.78, 5) is 0. The van der Waals surface area contributed by atoms with Crippen molar-refractivity contribution in [2.24, 2.45) is 5.73 Å². The zero-order valence-electron chi connectivity index (χ0n) is 8.84. The van der Waals surface area contributed by atoms with E-state index in [0.717, 1.165) is 4.47 Å². The van der Waals surface area contributed by atoms with Crippen molar-refractivity contribution >= 4 is 15.9 Å². The summed E-state index contributed by atoms with van der Waals surface area (Å²) in [7, 11) is 0. The number of nitrogens with two attached hydrogens (primary N) is 1. The van der Waals surface area contributed by atoms with E-state index in [-0.39, 0.29) is 24.6 Å². The smallest absolute Gasteiger partial charge is 0.129 e. The van der Waals surface area contributed by atoms with Crippen LogP contribution in [0.2, 0.25) is 0 Å². The van der Waals surface area contributed by atoms with Crippen LogP contribution in [-0.4, -0.2) is 12.6 Å². The SMILES string of the molecule is CC(C)OC(CN)c1cc(Br)ccc1F. The molecule has 0 radical (unpaired) electrons. The molecule has 84 valence electrons. The van der Waals surface area contributed by atoms with Crippen LogP contribution < -0.4 is 5.73 Å². The fourth-order valence-corrected chi connectivity index (χ4v) is 1.72. The van der Waals surface area contributed by atoms with Crippen LogP contribution in [0.25, 0.3) is 0 Å². The van der Waals surface area contributed by atoms with Gasteiger partial charge in [-0.15, -0.1) is 0 Å². The lowest BCUT2D eigenvalue weighted by Gasteiger charge is -2.19. The molecule has 0 heterocycles. The first-order valence-electron chi connectivity index (χ1n) is 4.85. The lowest BCUT2D eigenvalue weighted by Crippen LogP contribution is -2.20. The van der Waals surface area contributed by atoms with Crippen LogP contribution in [0.1, 0.15) is 25.5 Å². The molecule has 0 saturated heterocycles. The number of hydrogen-bond acceptors (Lipinski definition) is 2. The summed E-state index contributed by atoms with van der Waals surface area (Å²) in [5.74, 6) is -0.283. The Morgan fingerprint density at radius 3 is 2.67 bits per heavy atom. The average Bonchev–Trinajstić information content (AvgIpc) is 2.18.